The van der Waals surface area contributed by atoms with Crippen LogP contribution >= 0.6 is 11.3 Å². The molecule has 0 aliphatic rings. The summed E-state index contributed by atoms with van der Waals surface area (Å²) in [6.07, 6.45) is 1.69. The molecule has 0 aliphatic heterocycles. The summed E-state index contributed by atoms with van der Waals surface area (Å²) in [5, 5.41) is 10.4. The zero-order valence-electron chi connectivity index (χ0n) is 7.14. The van der Waals surface area contributed by atoms with Crippen LogP contribution in [0.25, 0.3) is 21.1 Å². The third-order valence-electron chi connectivity index (χ3n) is 2.12. The molecule has 0 bridgehead atoms. The lowest BCUT2D eigenvalue weighted by Gasteiger charge is -1.95. The predicted octanol–water partition coefficient (Wildman–Crippen LogP) is 2.55. The minimum atomic E-state index is 0.0955. The molecule has 4 heteroatoms. The molecule has 2 aromatic heterocycles. The van der Waals surface area contributed by atoms with Crippen molar-refractivity contribution >= 4 is 32.5 Å². The van der Waals surface area contributed by atoms with E-state index in [0.717, 1.165) is 21.1 Å². The Balaban J connectivity index is 2.60. The topological polar surface area (TPSA) is 46.0 Å². The van der Waals surface area contributed by atoms with Gasteiger partial charge in [-0.25, -0.2) is 4.98 Å². The second-order valence-corrected chi connectivity index (χ2v) is 3.96. The predicted molar refractivity (Wildman–Crippen MR) is 56.6 cm³/mol. The molecule has 0 aliphatic carbocycles. The molecule has 68 valence electrons. The highest BCUT2D eigenvalue weighted by atomic mass is 32.1. The Bertz CT molecular complexity index is 618. The van der Waals surface area contributed by atoms with Crippen LogP contribution in [0.15, 0.2) is 30.5 Å². The van der Waals surface area contributed by atoms with Crippen molar-refractivity contribution in [2.75, 3.05) is 0 Å². The molecule has 3 rings (SSSR count). The van der Waals surface area contributed by atoms with E-state index in [1.807, 2.05) is 24.3 Å². The van der Waals surface area contributed by atoms with Gasteiger partial charge >= 0.3 is 0 Å². The first kappa shape index (κ1) is 7.70. The largest absolute Gasteiger partial charge is 0.486 e. The van der Waals surface area contributed by atoms with Crippen LogP contribution in [0.5, 0.6) is 5.19 Å². The van der Waals surface area contributed by atoms with E-state index in [9.17, 15) is 5.11 Å². The van der Waals surface area contributed by atoms with Crippen LogP contribution in [-0.4, -0.2) is 15.1 Å². The SMILES string of the molecule is Oc1nc2cnc3ccccc3c2s1. The van der Waals surface area contributed by atoms with Gasteiger partial charge in [-0.2, -0.15) is 0 Å². The van der Waals surface area contributed by atoms with Gasteiger partial charge in [0.2, 0.25) is 0 Å². The summed E-state index contributed by atoms with van der Waals surface area (Å²) >= 11 is 1.29. The first-order valence-corrected chi connectivity index (χ1v) is 4.99. The van der Waals surface area contributed by atoms with Gasteiger partial charge in [0.15, 0.2) is 0 Å². The van der Waals surface area contributed by atoms with Gasteiger partial charge in [0.05, 0.1) is 16.4 Å². The average molecular weight is 202 g/mol. The van der Waals surface area contributed by atoms with Crippen molar-refractivity contribution in [2.45, 2.75) is 0 Å². The maximum atomic E-state index is 9.30. The zero-order chi connectivity index (χ0) is 9.54. The van der Waals surface area contributed by atoms with Crippen LogP contribution in [0, 0.1) is 0 Å². The second-order valence-electron chi connectivity index (χ2n) is 2.99. The third kappa shape index (κ3) is 0.975. The number of nitrogens with zero attached hydrogens (tertiary/aromatic N) is 2. The number of pyridine rings is 1. The Kier molecular flexibility index (Phi) is 1.46. The quantitative estimate of drug-likeness (QED) is 0.609. The van der Waals surface area contributed by atoms with Crippen LogP contribution in [-0.2, 0) is 0 Å². The number of aromatic nitrogens is 2. The molecule has 0 atom stereocenters. The lowest BCUT2D eigenvalue weighted by Crippen LogP contribution is -1.77. The van der Waals surface area contributed by atoms with Crippen molar-refractivity contribution < 1.29 is 5.11 Å². The van der Waals surface area contributed by atoms with Gasteiger partial charge in [-0.05, 0) is 6.07 Å². The van der Waals surface area contributed by atoms with E-state index in [-0.39, 0.29) is 5.19 Å². The second kappa shape index (κ2) is 2.65. The molecule has 0 saturated heterocycles. The summed E-state index contributed by atoms with van der Waals surface area (Å²) in [5.74, 6) is 0. The maximum absolute atomic E-state index is 9.30. The molecular formula is C10H6N2OS. The Morgan fingerprint density at radius 1 is 1.14 bits per heavy atom. The number of rotatable bonds is 0. The van der Waals surface area contributed by atoms with Gasteiger partial charge in [0.25, 0.3) is 5.19 Å². The summed E-state index contributed by atoms with van der Waals surface area (Å²) in [6, 6.07) is 7.84. The highest BCUT2D eigenvalue weighted by Crippen LogP contribution is 2.31. The van der Waals surface area contributed by atoms with E-state index in [4.69, 9.17) is 0 Å². The minimum absolute atomic E-state index is 0.0955. The van der Waals surface area contributed by atoms with Crippen molar-refractivity contribution in [3.05, 3.63) is 30.5 Å². The summed E-state index contributed by atoms with van der Waals surface area (Å²) < 4.78 is 0.994. The van der Waals surface area contributed by atoms with Crippen molar-refractivity contribution in [1.82, 2.24) is 9.97 Å². The molecule has 0 radical (unpaired) electrons. The van der Waals surface area contributed by atoms with Crippen molar-refractivity contribution in [3.8, 4) is 5.19 Å². The molecule has 3 aromatic rings. The van der Waals surface area contributed by atoms with E-state index in [1.165, 1.54) is 11.3 Å². The lowest BCUT2D eigenvalue weighted by atomic mass is 10.2. The maximum Gasteiger partial charge on any atom is 0.271 e. The normalized spacial score (nSPS) is 11.1. The minimum Gasteiger partial charge on any atom is -0.486 e. The molecule has 0 amide bonds. The van der Waals surface area contributed by atoms with Crippen LogP contribution in [0.3, 0.4) is 0 Å². The van der Waals surface area contributed by atoms with E-state index in [1.54, 1.807) is 6.20 Å². The number of para-hydroxylation sites is 1. The van der Waals surface area contributed by atoms with E-state index >= 15 is 0 Å². The molecule has 0 spiro atoms. The molecule has 1 N–H and O–H groups in total. The fourth-order valence-corrected chi connectivity index (χ4v) is 2.32. The average Bonchev–Trinajstić information content (AvgIpc) is 2.59. The molecule has 1 aromatic carbocycles. The Morgan fingerprint density at radius 3 is 2.93 bits per heavy atom. The Labute approximate surface area is 83.7 Å². The van der Waals surface area contributed by atoms with Crippen LogP contribution in [0.2, 0.25) is 0 Å². The van der Waals surface area contributed by atoms with Crippen molar-refractivity contribution in [1.29, 1.82) is 0 Å². The smallest absolute Gasteiger partial charge is 0.271 e. The van der Waals surface area contributed by atoms with Gasteiger partial charge in [0.1, 0.15) is 5.52 Å². The third-order valence-corrected chi connectivity index (χ3v) is 3.02. The van der Waals surface area contributed by atoms with E-state index in [0.29, 0.717) is 0 Å². The number of benzene rings is 1. The summed E-state index contributed by atoms with van der Waals surface area (Å²) in [7, 11) is 0. The van der Waals surface area contributed by atoms with Crippen molar-refractivity contribution in [3.63, 3.8) is 0 Å². The molecule has 0 fully saturated rings. The molecule has 14 heavy (non-hydrogen) atoms. The zero-order valence-corrected chi connectivity index (χ0v) is 7.95. The van der Waals surface area contributed by atoms with E-state index in [2.05, 4.69) is 9.97 Å². The molecule has 0 unspecified atom stereocenters. The van der Waals surface area contributed by atoms with Crippen LogP contribution < -0.4 is 0 Å². The van der Waals surface area contributed by atoms with Crippen LogP contribution in [0.4, 0.5) is 0 Å². The number of hydrogen-bond acceptors (Lipinski definition) is 4. The van der Waals surface area contributed by atoms with Gasteiger partial charge in [-0.1, -0.05) is 29.5 Å². The molecular weight excluding hydrogens is 196 g/mol. The van der Waals surface area contributed by atoms with Gasteiger partial charge in [-0.15, -0.1) is 0 Å². The molecule has 2 heterocycles. The van der Waals surface area contributed by atoms with Gasteiger partial charge < -0.3 is 5.11 Å². The summed E-state index contributed by atoms with van der Waals surface area (Å²) in [4.78, 5) is 8.23. The Morgan fingerprint density at radius 2 is 2.00 bits per heavy atom. The van der Waals surface area contributed by atoms with Crippen LogP contribution in [0.1, 0.15) is 0 Å². The fourth-order valence-electron chi connectivity index (χ4n) is 1.51. The number of thiazole rings is 1. The Hall–Kier alpha value is -1.68. The standard InChI is InChI=1S/C10H6N2OS/c13-10-12-8-5-11-7-4-2-1-3-6(7)9(8)14-10/h1-5H,(H,12,13). The van der Waals surface area contributed by atoms with Gasteiger partial charge in [-0.3, -0.25) is 4.98 Å². The fraction of sp³-hybridized carbons (Fsp3) is 0. The van der Waals surface area contributed by atoms with Gasteiger partial charge in [0, 0.05) is 5.39 Å². The number of hydrogen-bond donors (Lipinski definition) is 1. The summed E-state index contributed by atoms with van der Waals surface area (Å²) in [6.45, 7) is 0. The summed E-state index contributed by atoms with van der Waals surface area (Å²) in [5.41, 5.74) is 1.69. The van der Waals surface area contributed by atoms with E-state index < -0.39 is 0 Å². The molecule has 3 nitrogen and oxygen atoms in total. The first-order chi connectivity index (χ1) is 6.84. The highest BCUT2D eigenvalue weighted by molar-refractivity contribution is 7.21. The first-order valence-electron chi connectivity index (χ1n) is 4.18. The molecule has 0 saturated carbocycles. The number of fused-ring (bicyclic) bond motifs is 3. The number of aromatic hydroxyl groups is 1. The van der Waals surface area contributed by atoms with Crippen molar-refractivity contribution in [2.24, 2.45) is 0 Å². The monoisotopic (exact) mass is 202 g/mol. The lowest BCUT2D eigenvalue weighted by molar-refractivity contribution is 0.472. The highest BCUT2D eigenvalue weighted by Gasteiger charge is 2.06.